The van der Waals surface area contributed by atoms with Crippen LogP contribution in [-0.4, -0.2) is 21.8 Å². The number of rotatable bonds is 1. The molecule has 2 N–H and O–H groups in total. The Hall–Kier alpha value is -2.73. The number of ketones is 1. The van der Waals surface area contributed by atoms with Gasteiger partial charge in [0, 0.05) is 17.7 Å². The summed E-state index contributed by atoms with van der Waals surface area (Å²) in [4.78, 5) is 29.0. The molecule has 6 heteroatoms. The first kappa shape index (κ1) is 13.9. The maximum Gasteiger partial charge on any atom is 0.257 e. The molecule has 0 fully saturated rings. The summed E-state index contributed by atoms with van der Waals surface area (Å²) in [6.45, 7) is 0. The Morgan fingerprint density at radius 3 is 2.87 bits per heavy atom. The van der Waals surface area contributed by atoms with E-state index < -0.39 is 6.10 Å². The highest BCUT2D eigenvalue weighted by atomic mass is 16.3. The number of aliphatic hydroxyl groups is 1. The second-order valence-corrected chi connectivity index (χ2v) is 5.63. The van der Waals surface area contributed by atoms with Crippen LogP contribution in [0.3, 0.4) is 0 Å². The SMILES string of the molecule is O=C1CCCC2=C1C(O)c1nc(-c3ccco3)ccc1C(=O)N2. The first-order chi connectivity index (χ1) is 11.1. The molecule has 2 aromatic heterocycles. The highest BCUT2D eigenvalue weighted by molar-refractivity contribution is 6.03. The van der Waals surface area contributed by atoms with Gasteiger partial charge in [0.1, 0.15) is 11.8 Å². The predicted molar refractivity (Wildman–Crippen MR) is 80.2 cm³/mol. The lowest BCUT2D eigenvalue weighted by molar-refractivity contribution is -0.117. The van der Waals surface area contributed by atoms with E-state index in [1.165, 1.54) is 6.26 Å². The van der Waals surface area contributed by atoms with E-state index in [4.69, 9.17) is 4.42 Å². The number of Topliss-reactive ketones (excluding diaryl/α,β-unsaturated/α-hetero) is 1. The van der Waals surface area contributed by atoms with Gasteiger partial charge in [0.15, 0.2) is 11.5 Å². The van der Waals surface area contributed by atoms with Crippen LogP contribution in [0.25, 0.3) is 11.5 Å². The van der Waals surface area contributed by atoms with Crippen molar-refractivity contribution in [2.24, 2.45) is 0 Å². The molecule has 3 heterocycles. The number of hydrogen-bond donors (Lipinski definition) is 2. The lowest BCUT2D eigenvalue weighted by Gasteiger charge is -2.20. The fourth-order valence-corrected chi connectivity index (χ4v) is 3.09. The third-order valence-electron chi connectivity index (χ3n) is 4.20. The van der Waals surface area contributed by atoms with Crippen LogP contribution < -0.4 is 5.32 Å². The van der Waals surface area contributed by atoms with E-state index in [2.05, 4.69) is 10.3 Å². The maximum atomic E-state index is 12.4. The fourth-order valence-electron chi connectivity index (χ4n) is 3.09. The molecule has 1 aliphatic heterocycles. The molecule has 1 amide bonds. The zero-order chi connectivity index (χ0) is 16.0. The first-order valence-corrected chi connectivity index (χ1v) is 7.45. The standard InChI is InChI=1S/C17H14N2O4/c20-12-4-1-3-11-14(12)16(21)15-9(17(22)19-11)6-7-10(18-15)13-5-2-8-23-13/h2,5-8,16,21H,1,3-4H2,(H,19,22). The molecule has 23 heavy (non-hydrogen) atoms. The Bertz CT molecular complexity index is 836. The summed E-state index contributed by atoms with van der Waals surface area (Å²) >= 11 is 0. The lowest BCUT2D eigenvalue weighted by Crippen LogP contribution is -2.26. The van der Waals surface area contributed by atoms with Crippen LogP contribution in [-0.2, 0) is 4.79 Å². The van der Waals surface area contributed by atoms with Crippen molar-refractivity contribution >= 4 is 11.7 Å². The number of carbonyl (C=O) groups excluding carboxylic acids is 2. The van der Waals surface area contributed by atoms with Gasteiger partial charge in [0.2, 0.25) is 0 Å². The van der Waals surface area contributed by atoms with Gasteiger partial charge < -0.3 is 14.8 Å². The zero-order valence-electron chi connectivity index (χ0n) is 12.2. The number of nitrogens with zero attached hydrogens (tertiary/aromatic N) is 1. The summed E-state index contributed by atoms with van der Waals surface area (Å²) < 4.78 is 5.31. The van der Waals surface area contributed by atoms with E-state index in [9.17, 15) is 14.7 Å². The Kier molecular flexibility index (Phi) is 3.12. The molecule has 0 spiro atoms. The van der Waals surface area contributed by atoms with Crippen LogP contribution in [0.2, 0.25) is 0 Å². The summed E-state index contributed by atoms with van der Waals surface area (Å²) in [6.07, 6.45) is 1.94. The van der Waals surface area contributed by atoms with Gasteiger partial charge >= 0.3 is 0 Å². The monoisotopic (exact) mass is 310 g/mol. The average Bonchev–Trinajstić information content (AvgIpc) is 3.05. The minimum atomic E-state index is -1.21. The molecule has 2 aliphatic rings. The van der Waals surface area contributed by atoms with Crippen molar-refractivity contribution in [3.05, 3.63) is 53.1 Å². The number of fused-ring (bicyclic) bond motifs is 1. The molecule has 1 atom stereocenters. The first-order valence-electron chi connectivity index (χ1n) is 7.45. The molecule has 0 saturated heterocycles. The quantitative estimate of drug-likeness (QED) is 0.841. The number of pyridine rings is 1. The number of allylic oxidation sites excluding steroid dienone is 1. The van der Waals surface area contributed by atoms with E-state index in [-0.39, 0.29) is 28.5 Å². The van der Waals surface area contributed by atoms with E-state index in [0.29, 0.717) is 36.4 Å². The summed E-state index contributed by atoms with van der Waals surface area (Å²) in [5, 5.41) is 13.4. The average molecular weight is 310 g/mol. The van der Waals surface area contributed by atoms with E-state index in [1.54, 1.807) is 24.3 Å². The Balaban J connectivity index is 1.88. The summed E-state index contributed by atoms with van der Waals surface area (Å²) in [7, 11) is 0. The van der Waals surface area contributed by atoms with Crippen LogP contribution in [0.15, 0.2) is 46.2 Å². The van der Waals surface area contributed by atoms with Gasteiger partial charge in [0.25, 0.3) is 5.91 Å². The topological polar surface area (TPSA) is 92.4 Å². The van der Waals surface area contributed by atoms with E-state index >= 15 is 0 Å². The van der Waals surface area contributed by atoms with Gasteiger partial charge in [-0.25, -0.2) is 4.98 Å². The van der Waals surface area contributed by atoms with Gasteiger partial charge in [-0.05, 0) is 37.1 Å². The number of carbonyl (C=O) groups is 2. The normalized spacial score (nSPS) is 20.7. The Morgan fingerprint density at radius 1 is 1.22 bits per heavy atom. The highest BCUT2D eigenvalue weighted by Gasteiger charge is 2.35. The van der Waals surface area contributed by atoms with Crippen LogP contribution in [0.4, 0.5) is 0 Å². The molecular formula is C17H14N2O4. The number of furan rings is 1. The van der Waals surface area contributed by atoms with Crippen molar-refractivity contribution in [3.8, 4) is 11.5 Å². The lowest BCUT2D eigenvalue weighted by atomic mass is 9.90. The molecule has 1 aliphatic carbocycles. The van der Waals surface area contributed by atoms with Gasteiger partial charge in [0.05, 0.1) is 17.5 Å². The van der Waals surface area contributed by atoms with Crippen molar-refractivity contribution in [2.75, 3.05) is 0 Å². The van der Waals surface area contributed by atoms with Crippen molar-refractivity contribution in [1.29, 1.82) is 0 Å². The second-order valence-electron chi connectivity index (χ2n) is 5.63. The fraction of sp³-hybridized carbons (Fsp3) is 0.235. The van der Waals surface area contributed by atoms with Gasteiger partial charge in [-0.2, -0.15) is 0 Å². The van der Waals surface area contributed by atoms with E-state index in [1.807, 2.05) is 0 Å². The minimum absolute atomic E-state index is 0.142. The second kappa shape index (κ2) is 5.17. The third kappa shape index (κ3) is 2.19. The maximum absolute atomic E-state index is 12.4. The van der Waals surface area contributed by atoms with Crippen LogP contribution in [0.1, 0.15) is 41.4 Å². The number of aromatic nitrogens is 1. The molecule has 0 aromatic carbocycles. The van der Waals surface area contributed by atoms with Crippen molar-refractivity contribution in [3.63, 3.8) is 0 Å². The molecular weight excluding hydrogens is 296 g/mol. The van der Waals surface area contributed by atoms with Crippen LogP contribution in [0, 0.1) is 0 Å². The number of nitrogens with one attached hydrogen (secondary N) is 1. The van der Waals surface area contributed by atoms with Gasteiger partial charge in [-0.3, -0.25) is 9.59 Å². The van der Waals surface area contributed by atoms with Gasteiger partial charge in [-0.1, -0.05) is 0 Å². The molecule has 0 bridgehead atoms. The van der Waals surface area contributed by atoms with E-state index in [0.717, 1.165) is 0 Å². The van der Waals surface area contributed by atoms with Crippen molar-refractivity contribution in [2.45, 2.75) is 25.4 Å². The van der Waals surface area contributed by atoms with Crippen LogP contribution >= 0.6 is 0 Å². The summed E-state index contributed by atoms with van der Waals surface area (Å²) in [5.41, 5.74) is 1.74. The van der Waals surface area contributed by atoms with Crippen LogP contribution in [0.5, 0.6) is 0 Å². The molecule has 2 aromatic rings. The largest absolute Gasteiger partial charge is 0.463 e. The Morgan fingerprint density at radius 2 is 2.09 bits per heavy atom. The number of amides is 1. The van der Waals surface area contributed by atoms with Crippen molar-refractivity contribution < 1.29 is 19.1 Å². The number of aliphatic hydroxyl groups excluding tert-OH is 1. The van der Waals surface area contributed by atoms with Gasteiger partial charge in [-0.15, -0.1) is 0 Å². The zero-order valence-corrected chi connectivity index (χ0v) is 12.2. The highest BCUT2D eigenvalue weighted by Crippen LogP contribution is 2.35. The molecule has 4 rings (SSSR count). The smallest absolute Gasteiger partial charge is 0.257 e. The van der Waals surface area contributed by atoms with Crippen molar-refractivity contribution in [1.82, 2.24) is 10.3 Å². The molecule has 116 valence electrons. The Labute approximate surface area is 131 Å². The third-order valence-corrected chi connectivity index (χ3v) is 4.20. The predicted octanol–water partition coefficient (Wildman–Crippen LogP) is 2.13. The summed E-state index contributed by atoms with van der Waals surface area (Å²) in [5.74, 6) is 0.0446. The molecule has 6 nitrogen and oxygen atoms in total. The minimum Gasteiger partial charge on any atom is -0.463 e. The number of hydrogen-bond acceptors (Lipinski definition) is 5. The molecule has 0 radical (unpaired) electrons. The molecule has 1 unspecified atom stereocenters. The molecule has 0 saturated carbocycles. The summed E-state index contributed by atoms with van der Waals surface area (Å²) in [6, 6.07) is 6.74.